The molecule has 3 aromatic rings. The molecular formula is C20H20N2O3S2. The summed E-state index contributed by atoms with van der Waals surface area (Å²) in [5.74, 6) is -0.334. The van der Waals surface area contributed by atoms with E-state index < -0.39 is 5.25 Å². The van der Waals surface area contributed by atoms with Crippen molar-refractivity contribution in [3.05, 3.63) is 51.1 Å². The standard InChI is InChI=1S/C20H20N2O3S2/c1-12(19(24)25-2)26-20-21-17-16(14-10-6-7-11-15(14)27-17)18(23)22(20)13-8-4-3-5-9-13/h3-5,8-9,12H,6-7,10-11H2,1-2H3. The van der Waals surface area contributed by atoms with Crippen LogP contribution in [0.25, 0.3) is 15.9 Å². The summed E-state index contributed by atoms with van der Waals surface area (Å²) in [5.41, 5.74) is 1.87. The molecule has 0 bridgehead atoms. The van der Waals surface area contributed by atoms with Gasteiger partial charge >= 0.3 is 5.97 Å². The number of methoxy groups -OCH3 is 1. The van der Waals surface area contributed by atoms with Crippen LogP contribution in [0.3, 0.4) is 0 Å². The molecule has 140 valence electrons. The van der Waals surface area contributed by atoms with Crippen LogP contribution < -0.4 is 5.56 Å². The SMILES string of the molecule is COC(=O)C(C)Sc1nc2sc3c(c2c(=O)n1-c1ccccc1)CCCC3. The predicted molar refractivity (Wildman–Crippen MR) is 109 cm³/mol. The number of aryl methyl sites for hydroxylation is 2. The van der Waals surface area contributed by atoms with Gasteiger partial charge in [0.1, 0.15) is 10.1 Å². The molecule has 0 fully saturated rings. The van der Waals surface area contributed by atoms with Gasteiger partial charge in [0.15, 0.2) is 5.16 Å². The van der Waals surface area contributed by atoms with Crippen LogP contribution in [0.2, 0.25) is 0 Å². The van der Waals surface area contributed by atoms with Gasteiger partial charge in [-0.1, -0.05) is 30.0 Å². The van der Waals surface area contributed by atoms with Gasteiger partial charge < -0.3 is 4.74 Å². The highest BCUT2D eigenvalue weighted by Gasteiger charge is 2.25. The summed E-state index contributed by atoms with van der Waals surface area (Å²) in [5, 5.41) is 0.813. The van der Waals surface area contributed by atoms with E-state index in [9.17, 15) is 9.59 Å². The molecule has 0 spiro atoms. The molecule has 1 aromatic carbocycles. The topological polar surface area (TPSA) is 61.2 Å². The van der Waals surface area contributed by atoms with E-state index in [1.54, 1.807) is 22.8 Å². The molecule has 2 heterocycles. The van der Waals surface area contributed by atoms with Crippen LogP contribution in [0, 0.1) is 0 Å². The Hall–Kier alpha value is -2.12. The molecule has 0 N–H and O–H groups in total. The average molecular weight is 401 g/mol. The minimum atomic E-state index is -0.455. The maximum Gasteiger partial charge on any atom is 0.318 e. The van der Waals surface area contributed by atoms with Gasteiger partial charge in [-0.15, -0.1) is 11.3 Å². The Balaban J connectivity index is 1.95. The lowest BCUT2D eigenvalue weighted by Crippen LogP contribution is -2.24. The highest BCUT2D eigenvalue weighted by atomic mass is 32.2. The zero-order chi connectivity index (χ0) is 19.0. The van der Waals surface area contributed by atoms with Crippen molar-refractivity contribution in [2.24, 2.45) is 0 Å². The van der Waals surface area contributed by atoms with Crippen molar-refractivity contribution in [3.63, 3.8) is 0 Å². The number of benzene rings is 1. The third-order valence-corrected chi connectivity index (χ3v) is 7.00. The molecular weight excluding hydrogens is 380 g/mol. The highest BCUT2D eigenvalue weighted by molar-refractivity contribution is 8.00. The van der Waals surface area contributed by atoms with Crippen molar-refractivity contribution in [1.29, 1.82) is 0 Å². The van der Waals surface area contributed by atoms with Gasteiger partial charge in [-0.05, 0) is 50.3 Å². The van der Waals surface area contributed by atoms with Crippen LogP contribution in [0.5, 0.6) is 0 Å². The molecule has 1 unspecified atom stereocenters. The summed E-state index contributed by atoms with van der Waals surface area (Å²) >= 11 is 2.88. The molecule has 0 saturated heterocycles. The van der Waals surface area contributed by atoms with E-state index in [1.807, 2.05) is 30.3 Å². The first kappa shape index (κ1) is 18.3. The molecule has 0 amide bonds. The summed E-state index contributed by atoms with van der Waals surface area (Å²) < 4.78 is 6.47. The fraction of sp³-hybridized carbons (Fsp3) is 0.350. The van der Waals surface area contributed by atoms with Crippen LogP contribution in [-0.2, 0) is 22.4 Å². The number of ether oxygens (including phenoxy) is 1. The lowest BCUT2D eigenvalue weighted by molar-refractivity contribution is -0.139. The number of hydrogen-bond acceptors (Lipinski definition) is 6. The third-order valence-electron chi connectivity index (χ3n) is 4.79. The van der Waals surface area contributed by atoms with Gasteiger partial charge in [0.2, 0.25) is 0 Å². The first-order valence-corrected chi connectivity index (χ1v) is 10.7. The summed E-state index contributed by atoms with van der Waals surface area (Å²) in [6.07, 6.45) is 4.22. The number of thioether (sulfide) groups is 1. The first-order chi connectivity index (χ1) is 13.1. The summed E-state index contributed by atoms with van der Waals surface area (Å²) in [7, 11) is 1.37. The lowest BCUT2D eigenvalue weighted by atomic mass is 9.97. The second kappa shape index (κ2) is 7.48. The van der Waals surface area contributed by atoms with E-state index in [0.29, 0.717) is 5.16 Å². The number of nitrogens with zero attached hydrogens (tertiary/aromatic N) is 2. The fourth-order valence-corrected chi connectivity index (χ4v) is 5.70. The van der Waals surface area contributed by atoms with Gasteiger partial charge in [0, 0.05) is 4.88 Å². The van der Waals surface area contributed by atoms with Crippen LogP contribution in [-0.4, -0.2) is 27.9 Å². The van der Waals surface area contributed by atoms with Crippen molar-refractivity contribution in [3.8, 4) is 5.69 Å². The van der Waals surface area contributed by atoms with Gasteiger partial charge in [-0.2, -0.15) is 0 Å². The van der Waals surface area contributed by atoms with E-state index in [0.717, 1.165) is 41.6 Å². The number of hydrogen-bond donors (Lipinski definition) is 0. The maximum absolute atomic E-state index is 13.5. The van der Waals surface area contributed by atoms with Crippen molar-refractivity contribution < 1.29 is 9.53 Å². The van der Waals surface area contributed by atoms with Crippen molar-refractivity contribution in [1.82, 2.24) is 9.55 Å². The zero-order valence-corrected chi connectivity index (χ0v) is 16.9. The Morgan fingerprint density at radius 1 is 1.26 bits per heavy atom. The average Bonchev–Trinajstić information content (AvgIpc) is 3.06. The number of esters is 1. The number of thiophene rings is 1. The molecule has 0 aliphatic heterocycles. The van der Waals surface area contributed by atoms with E-state index in [4.69, 9.17) is 9.72 Å². The van der Waals surface area contributed by atoms with Crippen LogP contribution in [0.15, 0.2) is 40.3 Å². The summed E-state index contributed by atoms with van der Waals surface area (Å²) in [4.78, 5) is 32.3. The van der Waals surface area contributed by atoms with Crippen molar-refractivity contribution in [2.45, 2.75) is 43.0 Å². The normalized spacial score (nSPS) is 14.7. The largest absolute Gasteiger partial charge is 0.468 e. The molecule has 2 aromatic heterocycles. The van der Waals surface area contributed by atoms with Crippen molar-refractivity contribution >= 4 is 39.3 Å². The van der Waals surface area contributed by atoms with E-state index in [-0.39, 0.29) is 11.5 Å². The van der Waals surface area contributed by atoms with E-state index in [2.05, 4.69) is 0 Å². The summed E-state index contributed by atoms with van der Waals surface area (Å²) in [6, 6.07) is 9.48. The molecule has 1 aliphatic rings. The first-order valence-electron chi connectivity index (χ1n) is 8.97. The second-order valence-electron chi connectivity index (χ2n) is 6.54. The van der Waals surface area contributed by atoms with Gasteiger partial charge in [-0.25, -0.2) is 4.98 Å². The van der Waals surface area contributed by atoms with Crippen molar-refractivity contribution in [2.75, 3.05) is 7.11 Å². The van der Waals surface area contributed by atoms with Gasteiger partial charge in [0.05, 0.1) is 18.2 Å². The monoisotopic (exact) mass is 400 g/mol. The Bertz CT molecular complexity index is 1060. The van der Waals surface area contributed by atoms with Crippen LogP contribution in [0.1, 0.15) is 30.2 Å². The second-order valence-corrected chi connectivity index (χ2v) is 8.94. The quantitative estimate of drug-likeness (QED) is 0.377. The zero-order valence-electron chi connectivity index (χ0n) is 15.2. The number of para-hydroxylation sites is 1. The molecule has 7 heteroatoms. The maximum atomic E-state index is 13.5. The Labute approximate surface area is 165 Å². The minimum absolute atomic E-state index is 0.0508. The number of carbonyl (C=O) groups is 1. The molecule has 5 nitrogen and oxygen atoms in total. The number of rotatable bonds is 4. The van der Waals surface area contributed by atoms with E-state index in [1.165, 1.54) is 29.3 Å². The molecule has 27 heavy (non-hydrogen) atoms. The minimum Gasteiger partial charge on any atom is -0.468 e. The smallest absolute Gasteiger partial charge is 0.318 e. The van der Waals surface area contributed by atoms with Crippen LogP contribution in [0.4, 0.5) is 0 Å². The highest BCUT2D eigenvalue weighted by Crippen LogP contribution is 2.35. The Morgan fingerprint density at radius 2 is 2.00 bits per heavy atom. The summed E-state index contributed by atoms with van der Waals surface area (Å²) in [6.45, 7) is 1.77. The molecule has 4 rings (SSSR count). The van der Waals surface area contributed by atoms with E-state index >= 15 is 0 Å². The van der Waals surface area contributed by atoms with Gasteiger partial charge in [-0.3, -0.25) is 14.2 Å². The molecule has 0 saturated carbocycles. The fourth-order valence-electron chi connectivity index (χ4n) is 3.44. The number of fused-ring (bicyclic) bond motifs is 3. The Morgan fingerprint density at radius 3 is 2.74 bits per heavy atom. The third kappa shape index (κ3) is 3.30. The molecule has 1 atom stereocenters. The molecule has 0 radical (unpaired) electrons. The number of carbonyl (C=O) groups excluding carboxylic acids is 1. The molecule has 1 aliphatic carbocycles. The Kier molecular flexibility index (Phi) is 5.06. The number of aromatic nitrogens is 2. The van der Waals surface area contributed by atoms with Gasteiger partial charge in [0.25, 0.3) is 5.56 Å². The van der Waals surface area contributed by atoms with Crippen LogP contribution >= 0.6 is 23.1 Å². The predicted octanol–water partition coefficient (Wildman–Crippen LogP) is 3.98. The lowest BCUT2D eigenvalue weighted by Gasteiger charge is -2.15.